The average Bonchev–Trinajstić information content (AvgIpc) is 3.50. The zero-order chi connectivity index (χ0) is 22.5. The second-order valence-corrected chi connectivity index (χ2v) is 9.71. The first-order valence-electron chi connectivity index (χ1n) is 12.2. The smallest absolute Gasteiger partial charge is 0.151 e. The summed E-state index contributed by atoms with van der Waals surface area (Å²) in [5.41, 5.74) is 4.60. The zero-order valence-electron chi connectivity index (χ0n) is 19.1. The molecule has 4 aromatic rings. The Kier molecular flexibility index (Phi) is 4.81. The van der Waals surface area contributed by atoms with Crippen LogP contribution in [0.25, 0.3) is 21.7 Å². The molecule has 1 N–H and O–H groups in total. The van der Waals surface area contributed by atoms with Gasteiger partial charge in [-0.15, -0.1) is 0 Å². The average molecular weight is 453 g/mol. The van der Waals surface area contributed by atoms with E-state index in [1.807, 2.05) is 6.20 Å². The van der Waals surface area contributed by atoms with Gasteiger partial charge in [-0.1, -0.05) is 41.6 Å². The summed E-state index contributed by atoms with van der Waals surface area (Å²) in [5.74, 6) is 1.09. The Morgan fingerprint density at radius 1 is 0.882 bits per heavy atom. The number of fused-ring (bicyclic) bond motifs is 5. The van der Waals surface area contributed by atoms with E-state index in [9.17, 15) is 0 Å². The molecular formula is C28H28N4O2. The molecule has 0 saturated carbocycles. The third-order valence-electron chi connectivity index (χ3n) is 7.56. The molecule has 0 aliphatic carbocycles. The summed E-state index contributed by atoms with van der Waals surface area (Å²) < 4.78 is 6.14. The number of hydrogen-bond acceptors (Lipinski definition) is 5. The highest BCUT2D eigenvalue weighted by molar-refractivity contribution is 6.08. The molecule has 0 amide bonds. The fraction of sp³-hybridized carbons (Fsp3) is 0.321. The van der Waals surface area contributed by atoms with Crippen LogP contribution in [0.2, 0.25) is 0 Å². The molecule has 3 aromatic carbocycles. The number of benzene rings is 3. The SMILES string of the molecule is c1ccc2cc(CN3CCN(CC4ON=C5c6cc7cc[nH]c7cc6OCC54)CC3)ccc2c1. The summed E-state index contributed by atoms with van der Waals surface area (Å²) in [5, 5.41) is 8.33. The molecular weight excluding hydrogens is 424 g/mol. The Bertz CT molecular complexity index is 1390. The van der Waals surface area contributed by atoms with Crippen molar-refractivity contribution in [3.63, 3.8) is 0 Å². The van der Waals surface area contributed by atoms with E-state index < -0.39 is 0 Å². The first-order valence-corrected chi connectivity index (χ1v) is 12.2. The molecule has 2 atom stereocenters. The minimum atomic E-state index is 0.0529. The van der Waals surface area contributed by atoms with Gasteiger partial charge >= 0.3 is 0 Å². The maximum Gasteiger partial charge on any atom is 0.151 e. The first kappa shape index (κ1) is 20.1. The Morgan fingerprint density at radius 3 is 2.65 bits per heavy atom. The molecule has 0 spiro atoms. The van der Waals surface area contributed by atoms with E-state index in [1.54, 1.807) is 0 Å². The lowest BCUT2D eigenvalue weighted by molar-refractivity contribution is 0.00852. The van der Waals surface area contributed by atoms with Gasteiger partial charge in [-0.2, -0.15) is 0 Å². The maximum atomic E-state index is 6.14. The van der Waals surface area contributed by atoms with Crippen molar-refractivity contribution in [2.75, 3.05) is 39.3 Å². The Morgan fingerprint density at radius 2 is 1.74 bits per heavy atom. The van der Waals surface area contributed by atoms with Gasteiger partial charge in [0.2, 0.25) is 0 Å². The molecule has 4 heterocycles. The van der Waals surface area contributed by atoms with Gasteiger partial charge in [0.25, 0.3) is 0 Å². The predicted molar refractivity (Wildman–Crippen MR) is 134 cm³/mol. The van der Waals surface area contributed by atoms with Crippen LogP contribution in [0.4, 0.5) is 0 Å². The number of nitrogens with zero attached hydrogens (tertiary/aromatic N) is 3. The van der Waals surface area contributed by atoms with Gasteiger partial charge in [0.15, 0.2) is 6.10 Å². The molecule has 2 unspecified atom stereocenters. The third kappa shape index (κ3) is 3.54. The molecule has 1 fully saturated rings. The Hall–Kier alpha value is -3.35. The minimum Gasteiger partial charge on any atom is -0.492 e. The van der Waals surface area contributed by atoms with Crippen LogP contribution >= 0.6 is 0 Å². The lowest BCUT2D eigenvalue weighted by atomic mass is 9.89. The van der Waals surface area contributed by atoms with Gasteiger partial charge in [-0.25, -0.2) is 0 Å². The second kappa shape index (κ2) is 8.15. The van der Waals surface area contributed by atoms with Crippen LogP contribution in [0.3, 0.4) is 0 Å². The fourth-order valence-electron chi connectivity index (χ4n) is 5.60. The van der Waals surface area contributed by atoms with Crippen LogP contribution in [-0.4, -0.2) is 65.9 Å². The predicted octanol–water partition coefficient (Wildman–Crippen LogP) is 4.25. The highest BCUT2D eigenvalue weighted by Gasteiger charge is 2.41. The van der Waals surface area contributed by atoms with E-state index in [0.717, 1.165) is 61.8 Å². The number of aromatic nitrogens is 1. The Labute approximate surface area is 198 Å². The van der Waals surface area contributed by atoms with E-state index in [1.165, 1.54) is 21.7 Å². The van der Waals surface area contributed by atoms with Crippen molar-refractivity contribution >= 4 is 27.4 Å². The van der Waals surface area contributed by atoms with Crippen molar-refractivity contribution in [2.24, 2.45) is 11.1 Å². The number of ether oxygens (including phenoxy) is 1. The van der Waals surface area contributed by atoms with Crippen molar-refractivity contribution in [3.05, 3.63) is 78.0 Å². The normalized spacial score (nSPS) is 22.8. The van der Waals surface area contributed by atoms with E-state index in [2.05, 4.69) is 80.6 Å². The van der Waals surface area contributed by atoms with Gasteiger partial charge in [0.05, 0.1) is 5.92 Å². The van der Waals surface area contributed by atoms with Crippen LogP contribution in [0.5, 0.6) is 5.75 Å². The third-order valence-corrected chi connectivity index (χ3v) is 7.56. The molecule has 0 radical (unpaired) electrons. The molecule has 1 aromatic heterocycles. The molecule has 1 saturated heterocycles. The van der Waals surface area contributed by atoms with E-state index >= 15 is 0 Å². The molecule has 3 aliphatic heterocycles. The van der Waals surface area contributed by atoms with Gasteiger partial charge in [0, 0.05) is 68.0 Å². The summed E-state index contributed by atoms with van der Waals surface area (Å²) in [4.78, 5) is 14.3. The van der Waals surface area contributed by atoms with Crippen LogP contribution in [-0.2, 0) is 11.4 Å². The number of piperazine rings is 1. The molecule has 34 heavy (non-hydrogen) atoms. The van der Waals surface area contributed by atoms with Crippen LogP contribution in [0.1, 0.15) is 11.1 Å². The summed E-state index contributed by atoms with van der Waals surface area (Å²) in [6.07, 6.45) is 2.01. The molecule has 6 nitrogen and oxygen atoms in total. The topological polar surface area (TPSA) is 53.1 Å². The number of rotatable bonds is 4. The van der Waals surface area contributed by atoms with Crippen molar-refractivity contribution in [3.8, 4) is 5.75 Å². The number of H-pyrrole nitrogens is 1. The lowest BCUT2D eigenvalue weighted by Gasteiger charge is -2.36. The standard InChI is InChI=1S/C28H28N4O2/c1-2-4-21-13-19(5-6-20(21)3-1)16-31-9-11-32(12-10-31)17-27-24-18-33-26-15-25-22(7-8-29-25)14-23(26)28(24)30-34-27/h1-8,13-15,24,27,29H,9-12,16-18H2. The molecule has 0 bridgehead atoms. The second-order valence-electron chi connectivity index (χ2n) is 9.71. The Balaban J connectivity index is 0.973. The maximum absolute atomic E-state index is 6.14. The van der Waals surface area contributed by atoms with E-state index in [4.69, 9.17) is 9.57 Å². The van der Waals surface area contributed by atoms with Gasteiger partial charge in [-0.3, -0.25) is 9.80 Å². The van der Waals surface area contributed by atoms with Gasteiger partial charge in [0.1, 0.15) is 18.1 Å². The molecule has 6 heteroatoms. The van der Waals surface area contributed by atoms with Crippen molar-refractivity contribution in [2.45, 2.75) is 12.6 Å². The number of oxime groups is 1. The first-order chi connectivity index (χ1) is 16.8. The van der Waals surface area contributed by atoms with E-state index in [0.29, 0.717) is 6.61 Å². The van der Waals surface area contributed by atoms with Crippen molar-refractivity contribution < 1.29 is 9.57 Å². The highest BCUT2D eigenvalue weighted by Crippen LogP contribution is 2.36. The van der Waals surface area contributed by atoms with Crippen molar-refractivity contribution in [1.82, 2.24) is 14.8 Å². The molecule has 7 rings (SSSR count). The fourth-order valence-corrected chi connectivity index (χ4v) is 5.60. The summed E-state index contributed by atoms with van der Waals surface area (Å²) in [6.45, 7) is 6.78. The monoisotopic (exact) mass is 452 g/mol. The largest absolute Gasteiger partial charge is 0.492 e. The summed E-state index contributed by atoms with van der Waals surface area (Å²) in [7, 11) is 0. The van der Waals surface area contributed by atoms with Gasteiger partial charge in [-0.05, 0) is 34.5 Å². The molecule has 3 aliphatic rings. The number of aromatic amines is 1. The van der Waals surface area contributed by atoms with Gasteiger partial charge < -0.3 is 14.6 Å². The van der Waals surface area contributed by atoms with Crippen molar-refractivity contribution in [1.29, 1.82) is 0 Å². The van der Waals surface area contributed by atoms with E-state index in [-0.39, 0.29) is 12.0 Å². The number of nitrogens with one attached hydrogen (secondary N) is 1. The quantitative estimate of drug-likeness (QED) is 0.503. The highest BCUT2D eigenvalue weighted by atomic mass is 16.6. The summed E-state index contributed by atoms with van der Waals surface area (Å²) >= 11 is 0. The zero-order valence-corrected chi connectivity index (χ0v) is 19.1. The summed E-state index contributed by atoms with van der Waals surface area (Å²) in [6, 6.07) is 21.7. The lowest BCUT2D eigenvalue weighted by Crippen LogP contribution is -2.50. The van der Waals surface area contributed by atoms with Crippen LogP contribution in [0, 0.1) is 5.92 Å². The van der Waals surface area contributed by atoms with Crippen LogP contribution < -0.4 is 4.74 Å². The minimum absolute atomic E-state index is 0.0529. The molecule has 172 valence electrons. The van der Waals surface area contributed by atoms with Crippen LogP contribution in [0.15, 0.2) is 72.0 Å². The number of hydrogen-bond donors (Lipinski definition) is 1.